The highest BCUT2D eigenvalue weighted by Crippen LogP contribution is 2.21. The zero-order chi connectivity index (χ0) is 12.8. The highest BCUT2D eigenvalue weighted by Gasteiger charge is 2.16. The average molecular weight is 247 g/mol. The highest BCUT2D eigenvalue weighted by atomic mass is 16.5. The molecule has 3 nitrogen and oxygen atoms in total. The van der Waals surface area contributed by atoms with Gasteiger partial charge in [-0.25, -0.2) is 0 Å². The van der Waals surface area contributed by atoms with Crippen LogP contribution in [-0.4, -0.2) is 25.5 Å². The van der Waals surface area contributed by atoms with Crippen LogP contribution in [0, 0.1) is 0 Å². The summed E-state index contributed by atoms with van der Waals surface area (Å²) in [5.74, 6) is 0.860. The number of methoxy groups -OCH3 is 1. The molecular formula is C15H21NO2. The minimum Gasteiger partial charge on any atom is -0.496 e. The van der Waals surface area contributed by atoms with Gasteiger partial charge in [-0.05, 0) is 37.9 Å². The first-order chi connectivity index (χ1) is 8.81. The molecule has 0 bridgehead atoms. The number of rotatable bonds is 5. The fourth-order valence-corrected chi connectivity index (χ4v) is 2.49. The topological polar surface area (TPSA) is 38.3 Å². The lowest BCUT2D eigenvalue weighted by Crippen LogP contribution is -2.34. The van der Waals surface area contributed by atoms with Crippen LogP contribution in [0.2, 0.25) is 0 Å². The van der Waals surface area contributed by atoms with Gasteiger partial charge in [0.2, 0.25) is 0 Å². The van der Waals surface area contributed by atoms with Gasteiger partial charge in [0.15, 0.2) is 5.78 Å². The van der Waals surface area contributed by atoms with E-state index < -0.39 is 0 Å². The number of ether oxygens (including phenoxy) is 1. The molecule has 98 valence electrons. The summed E-state index contributed by atoms with van der Waals surface area (Å²) in [7, 11) is 1.61. The Morgan fingerprint density at radius 3 is 2.94 bits per heavy atom. The minimum atomic E-state index is 0.180. The fraction of sp³-hybridized carbons (Fsp3) is 0.533. The van der Waals surface area contributed by atoms with Gasteiger partial charge in [-0.1, -0.05) is 18.6 Å². The summed E-state index contributed by atoms with van der Waals surface area (Å²) in [6.45, 7) is 1.09. The van der Waals surface area contributed by atoms with E-state index in [1.807, 2.05) is 24.3 Å². The van der Waals surface area contributed by atoms with Gasteiger partial charge in [0, 0.05) is 12.5 Å². The first-order valence-corrected chi connectivity index (χ1v) is 6.71. The number of benzene rings is 1. The van der Waals surface area contributed by atoms with Gasteiger partial charge >= 0.3 is 0 Å². The summed E-state index contributed by atoms with van der Waals surface area (Å²) < 4.78 is 5.22. The molecule has 1 saturated heterocycles. The van der Waals surface area contributed by atoms with Gasteiger partial charge in [-0.3, -0.25) is 4.79 Å². The third kappa shape index (κ3) is 3.33. The standard InChI is InChI=1S/C15H21NO2/c1-18-15-8-3-2-7-13(15)14(17)10-9-12-6-4-5-11-16-12/h2-3,7-8,12,16H,4-6,9-11H2,1H3. The molecule has 1 unspecified atom stereocenters. The van der Waals surface area contributed by atoms with Crippen LogP contribution < -0.4 is 10.1 Å². The van der Waals surface area contributed by atoms with Crippen molar-refractivity contribution in [2.24, 2.45) is 0 Å². The Morgan fingerprint density at radius 2 is 2.22 bits per heavy atom. The lowest BCUT2D eigenvalue weighted by atomic mass is 9.97. The molecule has 2 rings (SSSR count). The van der Waals surface area contributed by atoms with E-state index in [2.05, 4.69) is 5.32 Å². The van der Waals surface area contributed by atoms with Gasteiger partial charge in [-0.15, -0.1) is 0 Å². The van der Waals surface area contributed by atoms with Crippen LogP contribution >= 0.6 is 0 Å². The quantitative estimate of drug-likeness (QED) is 0.813. The van der Waals surface area contributed by atoms with Crippen molar-refractivity contribution in [1.82, 2.24) is 5.32 Å². The second-order valence-corrected chi connectivity index (χ2v) is 4.81. The van der Waals surface area contributed by atoms with Gasteiger partial charge in [0.1, 0.15) is 5.75 Å². The van der Waals surface area contributed by atoms with Crippen LogP contribution in [0.5, 0.6) is 5.75 Å². The van der Waals surface area contributed by atoms with Crippen molar-refractivity contribution in [2.45, 2.75) is 38.1 Å². The summed E-state index contributed by atoms with van der Waals surface area (Å²) >= 11 is 0. The molecule has 18 heavy (non-hydrogen) atoms. The van der Waals surface area contributed by atoms with Crippen LogP contribution in [0.3, 0.4) is 0 Å². The molecule has 1 heterocycles. The maximum Gasteiger partial charge on any atom is 0.166 e. The van der Waals surface area contributed by atoms with Gasteiger partial charge in [0.25, 0.3) is 0 Å². The van der Waals surface area contributed by atoms with Crippen molar-refractivity contribution in [2.75, 3.05) is 13.7 Å². The largest absolute Gasteiger partial charge is 0.496 e. The second kappa shape index (κ2) is 6.55. The molecule has 0 radical (unpaired) electrons. The van der Waals surface area contributed by atoms with E-state index in [-0.39, 0.29) is 5.78 Å². The van der Waals surface area contributed by atoms with E-state index in [4.69, 9.17) is 4.74 Å². The number of ketones is 1. The van der Waals surface area contributed by atoms with Crippen LogP contribution in [0.1, 0.15) is 42.5 Å². The molecule has 0 saturated carbocycles. The average Bonchev–Trinajstić information content (AvgIpc) is 2.45. The van der Waals surface area contributed by atoms with Crippen LogP contribution in [0.25, 0.3) is 0 Å². The Labute approximate surface area is 109 Å². The molecule has 1 aromatic carbocycles. The summed E-state index contributed by atoms with van der Waals surface area (Å²) in [5, 5.41) is 3.47. The highest BCUT2D eigenvalue weighted by molar-refractivity contribution is 5.98. The summed E-state index contributed by atoms with van der Waals surface area (Å²) in [5.41, 5.74) is 0.704. The SMILES string of the molecule is COc1ccccc1C(=O)CCC1CCCCN1. The predicted octanol–water partition coefficient (Wildman–Crippen LogP) is 2.80. The second-order valence-electron chi connectivity index (χ2n) is 4.81. The number of nitrogens with one attached hydrogen (secondary N) is 1. The van der Waals surface area contributed by atoms with Crippen LogP contribution in [0.15, 0.2) is 24.3 Å². The molecule has 3 heteroatoms. The summed E-state index contributed by atoms with van der Waals surface area (Å²) in [4.78, 5) is 12.2. The van der Waals surface area contributed by atoms with Crippen molar-refractivity contribution in [1.29, 1.82) is 0 Å². The van der Waals surface area contributed by atoms with E-state index in [0.29, 0.717) is 23.8 Å². The molecule has 0 aliphatic carbocycles. The van der Waals surface area contributed by atoms with E-state index in [0.717, 1.165) is 13.0 Å². The number of piperidine rings is 1. The molecule has 1 fully saturated rings. The van der Waals surface area contributed by atoms with Crippen molar-refractivity contribution in [3.63, 3.8) is 0 Å². The molecular weight excluding hydrogens is 226 g/mol. The molecule has 0 spiro atoms. The molecule has 1 aliphatic rings. The molecule has 0 aromatic heterocycles. The Hall–Kier alpha value is -1.35. The maximum absolute atomic E-state index is 12.2. The van der Waals surface area contributed by atoms with Gasteiger partial charge in [-0.2, -0.15) is 0 Å². The van der Waals surface area contributed by atoms with Gasteiger partial charge < -0.3 is 10.1 Å². The maximum atomic E-state index is 12.2. The summed E-state index contributed by atoms with van der Waals surface area (Å²) in [6, 6.07) is 7.96. The van der Waals surface area contributed by atoms with E-state index in [1.54, 1.807) is 7.11 Å². The van der Waals surface area contributed by atoms with E-state index in [1.165, 1.54) is 19.3 Å². The Balaban J connectivity index is 1.90. The Kier molecular flexibility index (Phi) is 4.76. The van der Waals surface area contributed by atoms with Crippen LogP contribution in [0.4, 0.5) is 0 Å². The minimum absolute atomic E-state index is 0.180. The third-order valence-corrected chi connectivity index (χ3v) is 3.54. The van der Waals surface area contributed by atoms with Crippen molar-refractivity contribution in [3.8, 4) is 5.75 Å². The Bertz CT molecular complexity index is 397. The van der Waals surface area contributed by atoms with Crippen molar-refractivity contribution < 1.29 is 9.53 Å². The fourth-order valence-electron chi connectivity index (χ4n) is 2.49. The lowest BCUT2D eigenvalue weighted by molar-refractivity contribution is 0.0971. The number of Topliss-reactive ketones (excluding diaryl/α,β-unsaturated/α-hetero) is 1. The monoisotopic (exact) mass is 247 g/mol. The number of hydrogen-bond acceptors (Lipinski definition) is 3. The van der Waals surface area contributed by atoms with Gasteiger partial charge in [0.05, 0.1) is 12.7 Å². The molecule has 0 amide bonds. The number of hydrogen-bond donors (Lipinski definition) is 1. The first-order valence-electron chi connectivity index (χ1n) is 6.71. The first kappa shape index (κ1) is 13.1. The molecule has 1 atom stereocenters. The third-order valence-electron chi connectivity index (χ3n) is 3.54. The lowest BCUT2D eigenvalue weighted by Gasteiger charge is -2.23. The summed E-state index contributed by atoms with van der Waals surface area (Å²) in [6.07, 6.45) is 5.26. The molecule has 1 N–H and O–H groups in total. The number of carbonyl (C=O) groups excluding carboxylic acids is 1. The molecule has 1 aliphatic heterocycles. The number of para-hydroxylation sites is 1. The Morgan fingerprint density at radius 1 is 1.39 bits per heavy atom. The van der Waals surface area contributed by atoms with Crippen LogP contribution in [-0.2, 0) is 0 Å². The smallest absolute Gasteiger partial charge is 0.166 e. The zero-order valence-corrected chi connectivity index (χ0v) is 10.9. The van der Waals surface area contributed by atoms with E-state index in [9.17, 15) is 4.79 Å². The predicted molar refractivity (Wildman–Crippen MR) is 72.2 cm³/mol. The van der Waals surface area contributed by atoms with Crippen molar-refractivity contribution in [3.05, 3.63) is 29.8 Å². The van der Waals surface area contributed by atoms with Crippen molar-refractivity contribution >= 4 is 5.78 Å². The number of carbonyl (C=O) groups is 1. The molecule has 1 aromatic rings. The van der Waals surface area contributed by atoms with E-state index >= 15 is 0 Å². The normalized spacial score (nSPS) is 19.5. The zero-order valence-electron chi connectivity index (χ0n) is 10.9.